The molecule has 0 unspecified atom stereocenters. The Morgan fingerprint density at radius 3 is 2.72 bits per heavy atom. The number of hydrogen-bond acceptors (Lipinski definition) is 6. The van der Waals surface area contributed by atoms with Crippen LogP contribution in [0, 0.1) is 0 Å². The molecule has 1 aliphatic carbocycles. The second-order valence-electron chi connectivity index (χ2n) is 7.05. The number of aromatic nitrogens is 3. The van der Waals surface area contributed by atoms with Gasteiger partial charge in [0.15, 0.2) is 5.82 Å². The number of rotatable bonds is 6. The number of hydrogen-bond donors (Lipinski definition) is 0. The molecule has 0 bridgehead atoms. The van der Waals surface area contributed by atoms with Crippen LogP contribution < -0.4 is 5.56 Å². The summed E-state index contributed by atoms with van der Waals surface area (Å²) in [5.74, 6) is 2.16. The van der Waals surface area contributed by atoms with E-state index in [0.717, 1.165) is 51.0 Å². The van der Waals surface area contributed by atoms with Crippen molar-refractivity contribution in [1.82, 2.24) is 24.5 Å². The number of piperazine rings is 1. The summed E-state index contributed by atoms with van der Waals surface area (Å²) in [7, 11) is 0. The van der Waals surface area contributed by atoms with Gasteiger partial charge in [-0.25, -0.2) is 0 Å². The highest BCUT2D eigenvalue weighted by Gasteiger charge is 2.31. The van der Waals surface area contributed by atoms with E-state index in [1.807, 2.05) is 12.3 Å². The van der Waals surface area contributed by atoms with Crippen LogP contribution in [-0.2, 0) is 6.54 Å². The average molecular weight is 343 g/mol. The Labute approximate surface area is 147 Å². The van der Waals surface area contributed by atoms with Gasteiger partial charge in [-0.05, 0) is 25.8 Å². The zero-order valence-corrected chi connectivity index (χ0v) is 14.7. The molecular weight excluding hydrogens is 318 g/mol. The van der Waals surface area contributed by atoms with Crippen molar-refractivity contribution < 1.29 is 4.52 Å². The molecule has 7 nitrogen and oxygen atoms in total. The second-order valence-corrected chi connectivity index (χ2v) is 7.05. The molecule has 2 fully saturated rings. The van der Waals surface area contributed by atoms with Crippen molar-refractivity contribution >= 4 is 0 Å². The molecule has 2 aromatic rings. The summed E-state index contributed by atoms with van der Waals surface area (Å²) in [6.45, 7) is 7.73. The quantitative estimate of drug-likeness (QED) is 0.792. The summed E-state index contributed by atoms with van der Waals surface area (Å²) >= 11 is 0. The van der Waals surface area contributed by atoms with Crippen molar-refractivity contribution in [2.75, 3.05) is 32.7 Å². The normalized spacial score (nSPS) is 20.7. The molecule has 1 aliphatic heterocycles. The maximum atomic E-state index is 11.8. The third-order valence-corrected chi connectivity index (χ3v) is 5.27. The van der Waals surface area contributed by atoms with E-state index in [1.165, 1.54) is 12.8 Å². The topological polar surface area (TPSA) is 67.4 Å². The Hall–Kier alpha value is -1.99. The molecule has 1 saturated heterocycles. The summed E-state index contributed by atoms with van der Waals surface area (Å²) in [6.07, 6.45) is 4.24. The fourth-order valence-corrected chi connectivity index (χ4v) is 3.35. The number of pyridine rings is 1. The highest BCUT2D eigenvalue weighted by atomic mass is 16.5. The van der Waals surface area contributed by atoms with E-state index in [1.54, 1.807) is 16.7 Å². The van der Waals surface area contributed by atoms with Gasteiger partial charge < -0.3 is 9.09 Å². The Balaban J connectivity index is 1.27. The van der Waals surface area contributed by atoms with Crippen LogP contribution in [-0.4, -0.2) is 57.2 Å². The first-order valence-electron chi connectivity index (χ1n) is 9.16. The first kappa shape index (κ1) is 16.5. The zero-order chi connectivity index (χ0) is 17.2. The molecule has 7 heteroatoms. The van der Waals surface area contributed by atoms with E-state index in [2.05, 4.69) is 26.9 Å². The van der Waals surface area contributed by atoms with Gasteiger partial charge in [0.25, 0.3) is 5.56 Å². The lowest BCUT2D eigenvalue weighted by molar-refractivity contribution is 0.0863. The first-order chi connectivity index (χ1) is 12.2. The minimum Gasteiger partial charge on any atom is -0.338 e. The molecule has 134 valence electrons. The fourth-order valence-electron chi connectivity index (χ4n) is 3.35. The summed E-state index contributed by atoms with van der Waals surface area (Å²) in [5, 5.41) is 4.12. The zero-order valence-electron chi connectivity index (χ0n) is 14.7. The van der Waals surface area contributed by atoms with Crippen molar-refractivity contribution in [3.05, 3.63) is 46.5 Å². The summed E-state index contributed by atoms with van der Waals surface area (Å²) < 4.78 is 7.24. The molecule has 1 saturated carbocycles. The van der Waals surface area contributed by atoms with Crippen molar-refractivity contribution in [3.63, 3.8) is 0 Å². The van der Waals surface area contributed by atoms with Crippen molar-refractivity contribution in [2.24, 2.45) is 0 Å². The Bertz CT molecular complexity index is 759. The van der Waals surface area contributed by atoms with Crippen LogP contribution >= 0.6 is 0 Å². The Morgan fingerprint density at radius 1 is 1.20 bits per heavy atom. The van der Waals surface area contributed by atoms with Crippen LogP contribution in [0.25, 0.3) is 0 Å². The monoisotopic (exact) mass is 343 g/mol. The van der Waals surface area contributed by atoms with Gasteiger partial charge >= 0.3 is 0 Å². The first-order valence-corrected chi connectivity index (χ1v) is 9.16. The van der Waals surface area contributed by atoms with Crippen LogP contribution in [0.3, 0.4) is 0 Å². The molecule has 25 heavy (non-hydrogen) atoms. The molecule has 4 rings (SSSR count). The second kappa shape index (κ2) is 7.09. The smallest absolute Gasteiger partial charge is 0.250 e. The van der Waals surface area contributed by atoms with Gasteiger partial charge in [0.2, 0.25) is 5.89 Å². The molecule has 2 aliphatic rings. The summed E-state index contributed by atoms with van der Waals surface area (Å²) in [5.41, 5.74) is 0.0672. The van der Waals surface area contributed by atoms with Gasteiger partial charge in [0.1, 0.15) is 0 Å². The predicted molar refractivity (Wildman–Crippen MR) is 93.4 cm³/mol. The minimum atomic E-state index is 0.0672. The van der Waals surface area contributed by atoms with Crippen LogP contribution in [0.2, 0.25) is 0 Å². The lowest BCUT2D eigenvalue weighted by atomic mass is 10.2. The van der Waals surface area contributed by atoms with E-state index >= 15 is 0 Å². The lowest BCUT2D eigenvalue weighted by Gasteiger charge is -2.36. The standard InChI is InChI=1S/C18H25N5O2/c1-14(18-19-17(20-25-18)15-5-6-15)22-11-8-21(9-12-22)10-13-23-7-3-2-4-16(23)24/h2-4,7,14-15H,5-6,8-13H2,1H3/t14-/m1/s1. The molecule has 0 aromatic carbocycles. The molecule has 0 N–H and O–H groups in total. The van der Waals surface area contributed by atoms with Gasteiger partial charge in [-0.1, -0.05) is 11.2 Å². The maximum absolute atomic E-state index is 11.8. The van der Waals surface area contributed by atoms with Crippen molar-refractivity contribution in [1.29, 1.82) is 0 Å². The third-order valence-electron chi connectivity index (χ3n) is 5.27. The third kappa shape index (κ3) is 3.82. The van der Waals surface area contributed by atoms with E-state index in [9.17, 15) is 4.79 Å². The highest BCUT2D eigenvalue weighted by Crippen LogP contribution is 2.38. The molecule has 2 aromatic heterocycles. The largest absolute Gasteiger partial charge is 0.338 e. The minimum absolute atomic E-state index is 0.0672. The van der Waals surface area contributed by atoms with Gasteiger partial charge in [-0.2, -0.15) is 4.98 Å². The van der Waals surface area contributed by atoms with Gasteiger partial charge in [-0.15, -0.1) is 0 Å². The average Bonchev–Trinajstić information content (AvgIpc) is 3.38. The van der Waals surface area contributed by atoms with E-state index in [0.29, 0.717) is 5.92 Å². The SMILES string of the molecule is C[C@H](c1nc(C2CC2)no1)N1CCN(CCn2ccccc2=O)CC1. The van der Waals surface area contributed by atoms with Crippen LogP contribution in [0.1, 0.15) is 43.4 Å². The molecule has 1 atom stereocenters. The van der Waals surface area contributed by atoms with Crippen LogP contribution in [0.5, 0.6) is 0 Å². The maximum Gasteiger partial charge on any atom is 0.250 e. The molecule has 0 radical (unpaired) electrons. The van der Waals surface area contributed by atoms with Crippen molar-refractivity contribution in [3.8, 4) is 0 Å². The van der Waals surface area contributed by atoms with Crippen LogP contribution in [0.4, 0.5) is 0 Å². The number of nitrogens with zero attached hydrogens (tertiary/aromatic N) is 5. The van der Waals surface area contributed by atoms with Crippen molar-refractivity contribution in [2.45, 2.75) is 38.3 Å². The van der Waals surface area contributed by atoms with Gasteiger partial charge in [0, 0.05) is 57.4 Å². The molecule has 3 heterocycles. The van der Waals surface area contributed by atoms with E-state index in [-0.39, 0.29) is 11.6 Å². The van der Waals surface area contributed by atoms with E-state index < -0.39 is 0 Å². The fraction of sp³-hybridized carbons (Fsp3) is 0.611. The Morgan fingerprint density at radius 2 is 2.00 bits per heavy atom. The summed E-state index contributed by atoms with van der Waals surface area (Å²) in [4.78, 5) is 21.1. The Kier molecular flexibility index (Phi) is 4.67. The molecule has 0 amide bonds. The molecule has 0 spiro atoms. The molecular formula is C18H25N5O2. The van der Waals surface area contributed by atoms with Crippen LogP contribution in [0.15, 0.2) is 33.7 Å². The van der Waals surface area contributed by atoms with Gasteiger partial charge in [0.05, 0.1) is 6.04 Å². The van der Waals surface area contributed by atoms with E-state index in [4.69, 9.17) is 4.52 Å². The predicted octanol–water partition coefficient (Wildman–Crippen LogP) is 1.49. The highest BCUT2D eigenvalue weighted by molar-refractivity contribution is 5.05. The summed E-state index contributed by atoms with van der Waals surface area (Å²) in [6, 6.07) is 5.46. The lowest BCUT2D eigenvalue weighted by Crippen LogP contribution is -2.48. The van der Waals surface area contributed by atoms with Gasteiger partial charge in [-0.3, -0.25) is 14.6 Å².